The van der Waals surface area contributed by atoms with Crippen LogP contribution in [0.4, 0.5) is 0 Å². The molecule has 0 aliphatic heterocycles. The summed E-state index contributed by atoms with van der Waals surface area (Å²) < 4.78 is 5.25. The first-order valence-corrected chi connectivity index (χ1v) is 8.94. The van der Waals surface area contributed by atoms with Crippen LogP contribution in [-0.4, -0.2) is 33.0 Å². The number of carbonyl (C=O) groups excluding carboxylic acids is 1. The van der Waals surface area contributed by atoms with Crippen molar-refractivity contribution in [1.29, 1.82) is 0 Å². The number of hydrogen-bond donors (Lipinski definition) is 1. The maximum absolute atomic E-state index is 11.4. The molecule has 0 aliphatic carbocycles. The van der Waals surface area contributed by atoms with Crippen LogP contribution in [0.15, 0.2) is 14.9 Å². The topological polar surface area (TPSA) is 80.8 Å². The van der Waals surface area contributed by atoms with Gasteiger partial charge in [0.1, 0.15) is 10.8 Å². The molecule has 23 heavy (non-hydrogen) atoms. The Morgan fingerprint density at radius 3 is 2.87 bits per heavy atom. The van der Waals surface area contributed by atoms with Crippen molar-refractivity contribution < 1.29 is 9.53 Å². The first kappa shape index (κ1) is 16.5. The van der Waals surface area contributed by atoms with Crippen LogP contribution in [0.5, 0.6) is 0 Å². The summed E-state index contributed by atoms with van der Waals surface area (Å²) in [6, 6.07) is 0. The van der Waals surface area contributed by atoms with Gasteiger partial charge in [-0.05, 0) is 18.2 Å². The first-order valence-electron chi connectivity index (χ1n) is 6.48. The Kier molecular flexibility index (Phi) is 4.77. The lowest BCUT2D eigenvalue weighted by Crippen LogP contribution is -2.00. The fourth-order valence-corrected chi connectivity index (χ4v) is 4.29. The highest BCUT2D eigenvalue weighted by molar-refractivity contribution is 8.00. The third-order valence-electron chi connectivity index (χ3n) is 3.01. The molecule has 1 N–H and O–H groups in total. The number of rotatable bonds is 4. The van der Waals surface area contributed by atoms with Crippen LogP contribution in [0.1, 0.15) is 23.1 Å². The van der Waals surface area contributed by atoms with Crippen molar-refractivity contribution in [2.75, 3.05) is 7.11 Å². The van der Waals surface area contributed by atoms with E-state index in [-0.39, 0.29) is 10.8 Å². The van der Waals surface area contributed by atoms with E-state index in [2.05, 4.69) is 24.7 Å². The average molecular weight is 389 g/mol. The van der Waals surface area contributed by atoms with Gasteiger partial charge in [0.25, 0.3) is 0 Å². The molecule has 0 aromatic carbocycles. The van der Waals surface area contributed by atoms with E-state index in [1.807, 2.05) is 6.92 Å². The summed E-state index contributed by atoms with van der Waals surface area (Å²) >= 11 is 15.0. The number of aryl methyl sites for hydroxylation is 1. The van der Waals surface area contributed by atoms with Crippen molar-refractivity contribution in [2.24, 2.45) is 0 Å². The van der Waals surface area contributed by atoms with Gasteiger partial charge in [-0.2, -0.15) is 0 Å². The minimum atomic E-state index is -0.480. The van der Waals surface area contributed by atoms with Crippen molar-refractivity contribution in [2.45, 2.75) is 22.8 Å². The molecule has 0 radical (unpaired) electrons. The zero-order valence-corrected chi connectivity index (χ0v) is 15.2. The number of methoxy groups -OCH3 is 1. The Hall–Kier alpha value is -1.35. The number of nitrogens with zero attached hydrogens (tertiary/aromatic N) is 3. The highest BCUT2D eigenvalue weighted by Crippen LogP contribution is 2.35. The molecular weight excluding hydrogens is 379 g/mol. The molecule has 0 saturated carbocycles. The minimum absolute atomic E-state index is 0.253. The van der Waals surface area contributed by atoms with Crippen molar-refractivity contribution in [1.82, 2.24) is 19.9 Å². The van der Waals surface area contributed by atoms with Crippen LogP contribution in [0.2, 0.25) is 10.2 Å². The molecule has 3 aromatic rings. The number of nitrogens with one attached hydrogen (secondary N) is 1. The smallest absolute Gasteiger partial charge is 0.357 e. The van der Waals surface area contributed by atoms with Gasteiger partial charge in [-0.1, -0.05) is 30.1 Å². The molecule has 0 amide bonds. The largest absolute Gasteiger partial charge is 0.464 e. The molecule has 3 rings (SSSR count). The van der Waals surface area contributed by atoms with E-state index in [9.17, 15) is 4.79 Å². The van der Waals surface area contributed by atoms with Crippen LogP contribution in [0, 0.1) is 0 Å². The first-order chi connectivity index (χ1) is 11.0. The van der Waals surface area contributed by atoms with Crippen LogP contribution in [0.25, 0.3) is 11.0 Å². The lowest BCUT2D eigenvalue weighted by atomic mass is 10.3. The van der Waals surface area contributed by atoms with E-state index >= 15 is 0 Å². The van der Waals surface area contributed by atoms with Crippen molar-refractivity contribution in [3.05, 3.63) is 26.9 Å². The number of aromatic nitrogens is 4. The summed E-state index contributed by atoms with van der Waals surface area (Å²) in [4.78, 5) is 27.4. The fourth-order valence-electron chi connectivity index (χ4n) is 1.92. The monoisotopic (exact) mass is 388 g/mol. The van der Waals surface area contributed by atoms with Gasteiger partial charge in [0, 0.05) is 11.1 Å². The number of H-pyrrole nitrogens is 1. The van der Waals surface area contributed by atoms with Gasteiger partial charge in [0.15, 0.2) is 15.2 Å². The molecule has 0 bridgehead atoms. The Balaban J connectivity index is 1.94. The number of halogens is 2. The average Bonchev–Trinajstić information content (AvgIpc) is 3.11. The van der Waals surface area contributed by atoms with E-state index in [4.69, 9.17) is 23.2 Å². The Labute approximate surface area is 149 Å². The molecule has 0 saturated heterocycles. The molecule has 3 aromatic heterocycles. The molecule has 120 valence electrons. The normalized spacial score (nSPS) is 11.1. The van der Waals surface area contributed by atoms with E-state index in [0.29, 0.717) is 25.6 Å². The third-order valence-corrected chi connectivity index (χ3v) is 5.50. The molecule has 0 atom stereocenters. The maximum atomic E-state index is 11.4. The van der Waals surface area contributed by atoms with Crippen LogP contribution in [0.3, 0.4) is 0 Å². The highest BCUT2D eigenvalue weighted by atomic mass is 35.5. The second-order valence-electron chi connectivity index (χ2n) is 4.38. The van der Waals surface area contributed by atoms with E-state index in [1.165, 1.54) is 30.2 Å². The highest BCUT2D eigenvalue weighted by Gasteiger charge is 2.17. The van der Waals surface area contributed by atoms with Gasteiger partial charge in [-0.15, -0.1) is 11.3 Å². The van der Waals surface area contributed by atoms with Crippen molar-refractivity contribution in [3.8, 4) is 0 Å². The summed E-state index contributed by atoms with van der Waals surface area (Å²) in [5, 5.41) is 3.49. The van der Waals surface area contributed by atoms with Gasteiger partial charge in [-0.3, -0.25) is 0 Å². The molecule has 3 heterocycles. The van der Waals surface area contributed by atoms with Crippen LogP contribution < -0.4 is 0 Å². The summed E-state index contributed by atoms with van der Waals surface area (Å²) in [5.74, 6) is -0.480. The fraction of sp³-hybridized carbons (Fsp3) is 0.231. The number of hydrogen-bond acceptors (Lipinski definition) is 7. The number of ether oxygens (including phenoxy) is 1. The van der Waals surface area contributed by atoms with Crippen molar-refractivity contribution in [3.63, 3.8) is 0 Å². The van der Waals surface area contributed by atoms with Crippen molar-refractivity contribution >= 4 is 63.3 Å². The molecule has 6 nitrogen and oxygen atoms in total. The predicted molar refractivity (Wildman–Crippen MR) is 90.9 cm³/mol. The Morgan fingerprint density at radius 1 is 1.39 bits per heavy atom. The lowest BCUT2D eigenvalue weighted by Gasteiger charge is -1.99. The molecule has 0 aliphatic rings. The van der Waals surface area contributed by atoms with E-state index in [0.717, 1.165) is 12.1 Å². The van der Waals surface area contributed by atoms with E-state index < -0.39 is 5.97 Å². The summed E-state index contributed by atoms with van der Waals surface area (Å²) in [5.41, 5.74) is 1.70. The molecular formula is C13H10Cl2N4O2S2. The van der Waals surface area contributed by atoms with Gasteiger partial charge in [-0.25, -0.2) is 19.7 Å². The Bertz CT molecular complexity index is 894. The van der Waals surface area contributed by atoms with Gasteiger partial charge >= 0.3 is 5.97 Å². The quantitative estimate of drug-likeness (QED) is 0.409. The predicted octanol–water partition coefficient (Wildman–Crippen LogP) is 4.22. The van der Waals surface area contributed by atoms with Gasteiger partial charge < -0.3 is 9.72 Å². The minimum Gasteiger partial charge on any atom is -0.464 e. The number of aromatic amines is 1. The zero-order chi connectivity index (χ0) is 16.6. The number of esters is 1. The summed E-state index contributed by atoms with van der Waals surface area (Å²) in [6.07, 6.45) is 0.739. The van der Waals surface area contributed by atoms with Gasteiger partial charge in [0.05, 0.1) is 17.5 Å². The zero-order valence-electron chi connectivity index (χ0n) is 12.0. The third kappa shape index (κ3) is 3.16. The summed E-state index contributed by atoms with van der Waals surface area (Å²) in [6.45, 7) is 1.98. The second kappa shape index (κ2) is 6.64. The molecule has 0 fully saturated rings. The number of carbonyl (C=O) groups is 1. The SMILES string of the molecule is CCc1[nH]c2nc(Sc3nc(C(=O)OC)cs3)nc(Cl)c2c1Cl. The standard InChI is InChI=1S/C13H10Cl2N4O2S2/c1-3-5-8(14)7-9(15)18-12(19-10(7)16-5)23-13-17-6(4-22-13)11(20)21-2/h4H,3H2,1-2H3,(H,16,18,19). The maximum Gasteiger partial charge on any atom is 0.357 e. The molecule has 0 unspecified atom stereocenters. The van der Waals surface area contributed by atoms with E-state index in [1.54, 1.807) is 5.38 Å². The van der Waals surface area contributed by atoms with Gasteiger partial charge in [0.2, 0.25) is 0 Å². The Morgan fingerprint density at radius 2 is 2.17 bits per heavy atom. The molecule has 0 spiro atoms. The second-order valence-corrected chi connectivity index (χ2v) is 7.19. The number of fused-ring (bicyclic) bond motifs is 1. The molecule has 10 heteroatoms. The summed E-state index contributed by atoms with van der Waals surface area (Å²) in [7, 11) is 1.31. The number of thiazole rings is 1. The van der Waals surface area contributed by atoms with Crippen LogP contribution >= 0.6 is 46.3 Å². The lowest BCUT2D eigenvalue weighted by molar-refractivity contribution is 0.0594. The van der Waals surface area contributed by atoms with Crippen LogP contribution in [-0.2, 0) is 11.2 Å².